The quantitative estimate of drug-likeness (QED) is 0.350. The van der Waals surface area contributed by atoms with Gasteiger partial charge in [-0.25, -0.2) is 4.98 Å². The lowest BCUT2D eigenvalue weighted by Gasteiger charge is -2.36. The van der Waals surface area contributed by atoms with Crippen LogP contribution in [0.1, 0.15) is 10.4 Å². The first kappa shape index (κ1) is 23.0. The van der Waals surface area contributed by atoms with Gasteiger partial charge in [-0.3, -0.25) is 4.79 Å². The first-order chi connectivity index (χ1) is 17.1. The van der Waals surface area contributed by atoms with Gasteiger partial charge in [-0.1, -0.05) is 30.3 Å². The Balaban J connectivity index is 1.35. The minimum Gasteiger partial charge on any atom is -0.497 e. The lowest BCUT2D eigenvalue weighted by molar-refractivity contribution is 0.0747. The normalized spacial score (nSPS) is 14.2. The molecule has 2 aromatic carbocycles. The van der Waals surface area contributed by atoms with Crippen LogP contribution in [0.5, 0.6) is 11.5 Å². The van der Waals surface area contributed by atoms with Crippen LogP contribution in [0.3, 0.4) is 0 Å². The molecule has 0 spiro atoms. The topological polar surface area (TPSA) is 59.8 Å². The molecule has 1 aliphatic heterocycles. The Bertz CT molecular complexity index is 1260. The summed E-state index contributed by atoms with van der Waals surface area (Å²) in [6.07, 6.45) is 5.93. The molecular weight excluding hydrogens is 460 g/mol. The number of rotatable bonds is 7. The van der Waals surface area contributed by atoms with E-state index in [0.29, 0.717) is 13.1 Å². The predicted molar refractivity (Wildman–Crippen MR) is 140 cm³/mol. The fraction of sp³-hybridized carbons (Fsp3) is 0.259. The smallest absolute Gasteiger partial charge is 0.256 e. The van der Waals surface area contributed by atoms with E-state index in [9.17, 15) is 4.79 Å². The minimum absolute atomic E-state index is 0.0406. The molecule has 1 atom stereocenters. The van der Waals surface area contributed by atoms with Crippen molar-refractivity contribution in [2.45, 2.75) is 5.88 Å². The zero-order valence-electron chi connectivity index (χ0n) is 20.0. The number of piperazine rings is 1. The van der Waals surface area contributed by atoms with E-state index in [4.69, 9.17) is 9.47 Å². The molecule has 0 radical (unpaired) electrons. The second-order valence-electron chi connectivity index (χ2n) is 8.45. The highest BCUT2D eigenvalue weighted by Crippen LogP contribution is 2.31. The summed E-state index contributed by atoms with van der Waals surface area (Å²) in [6, 6.07) is 16.0. The number of hydrogen-bond acceptors (Lipinski definition) is 5. The Morgan fingerprint density at radius 2 is 1.69 bits per heavy atom. The SMILES string of the molecule is COc1cc(OC)cc(N2CCN(C(=O)c3cn(C[s+]4ccnc4)cc3-c3ccccc3)CC2)c1. The van der Waals surface area contributed by atoms with E-state index in [0.717, 1.165) is 52.8 Å². The third-order valence-corrected chi connectivity index (χ3v) is 7.74. The number of amides is 1. The highest BCUT2D eigenvalue weighted by atomic mass is 32.2. The van der Waals surface area contributed by atoms with Crippen molar-refractivity contribution in [3.63, 3.8) is 0 Å². The summed E-state index contributed by atoms with van der Waals surface area (Å²) in [5.74, 6) is 2.38. The second-order valence-corrected chi connectivity index (χ2v) is 10.1. The number of methoxy groups -OCH3 is 2. The van der Waals surface area contributed by atoms with Gasteiger partial charge in [-0.15, -0.1) is 0 Å². The maximum atomic E-state index is 13.7. The van der Waals surface area contributed by atoms with Crippen molar-refractivity contribution in [1.82, 2.24) is 14.5 Å². The molecule has 0 bridgehead atoms. The van der Waals surface area contributed by atoms with E-state index >= 15 is 0 Å². The van der Waals surface area contributed by atoms with E-state index in [1.165, 1.54) is 0 Å². The van der Waals surface area contributed by atoms with E-state index < -0.39 is 0 Å². The fourth-order valence-corrected chi connectivity index (χ4v) is 5.59. The summed E-state index contributed by atoms with van der Waals surface area (Å²) in [4.78, 5) is 22.1. The molecule has 7 nitrogen and oxygen atoms in total. The van der Waals surface area contributed by atoms with Crippen molar-refractivity contribution in [2.75, 3.05) is 45.3 Å². The number of nitrogens with zero attached hydrogens (tertiary/aromatic N) is 4. The first-order valence-corrected chi connectivity index (χ1v) is 13.1. The predicted octanol–water partition coefficient (Wildman–Crippen LogP) is 4.78. The van der Waals surface area contributed by atoms with Crippen LogP contribution in [0.25, 0.3) is 11.1 Å². The summed E-state index contributed by atoms with van der Waals surface area (Å²) in [5, 5.41) is 2.11. The molecular formula is C27H29N4O3S+. The lowest BCUT2D eigenvalue weighted by atomic mass is 10.0. The van der Waals surface area contributed by atoms with E-state index in [2.05, 4.69) is 38.2 Å². The second kappa shape index (κ2) is 10.2. The van der Waals surface area contributed by atoms with Gasteiger partial charge in [0.25, 0.3) is 5.91 Å². The number of thiazole rings is 1. The van der Waals surface area contributed by atoms with E-state index in [1.54, 1.807) is 14.2 Å². The lowest BCUT2D eigenvalue weighted by Crippen LogP contribution is -2.48. The van der Waals surface area contributed by atoms with Crippen molar-refractivity contribution < 1.29 is 14.3 Å². The van der Waals surface area contributed by atoms with Crippen molar-refractivity contribution in [1.29, 1.82) is 0 Å². The van der Waals surface area contributed by atoms with Gasteiger partial charge in [0, 0.05) is 78.5 Å². The third-order valence-electron chi connectivity index (χ3n) is 6.28. The molecule has 5 rings (SSSR count). The first-order valence-electron chi connectivity index (χ1n) is 11.6. The molecule has 0 saturated carbocycles. The molecule has 35 heavy (non-hydrogen) atoms. The maximum Gasteiger partial charge on any atom is 0.256 e. The Kier molecular flexibility index (Phi) is 6.72. The van der Waals surface area contributed by atoms with Crippen LogP contribution in [0.15, 0.2) is 78.0 Å². The summed E-state index contributed by atoms with van der Waals surface area (Å²) in [7, 11) is 3.27. The monoisotopic (exact) mass is 489 g/mol. The molecule has 3 heterocycles. The highest BCUT2D eigenvalue weighted by Gasteiger charge is 2.26. The zero-order chi connectivity index (χ0) is 24.2. The summed E-state index contributed by atoms with van der Waals surface area (Å²) >= 11 is 0. The van der Waals surface area contributed by atoms with Gasteiger partial charge in [-0.05, 0) is 5.56 Å². The van der Waals surface area contributed by atoms with Gasteiger partial charge in [0.05, 0.1) is 26.0 Å². The van der Waals surface area contributed by atoms with Gasteiger partial charge >= 0.3 is 0 Å². The Morgan fingerprint density at radius 1 is 0.971 bits per heavy atom. The summed E-state index contributed by atoms with van der Waals surface area (Å²) in [6.45, 7) is 2.79. The van der Waals surface area contributed by atoms with Crippen LogP contribution in [0.4, 0.5) is 5.69 Å². The number of hydrogen-bond donors (Lipinski definition) is 0. The molecule has 1 amide bonds. The minimum atomic E-state index is -0.0406. The van der Waals surface area contributed by atoms with Crippen LogP contribution in [0.2, 0.25) is 0 Å². The molecule has 1 fully saturated rings. The van der Waals surface area contributed by atoms with Crippen molar-refractivity contribution in [3.8, 4) is 22.6 Å². The molecule has 2 aromatic heterocycles. The van der Waals surface area contributed by atoms with Crippen LogP contribution in [-0.2, 0) is 5.88 Å². The van der Waals surface area contributed by atoms with Crippen molar-refractivity contribution >= 4 is 22.1 Å². The maximum absolute atomic E-state index is 13.7. The number of benzene rings is 2. The summed E-state index contributed by atoms with van der Waals surface area (Å²) < 4.78 is 13.0. The van der Waals surface area contributed by atoms with Crippen LogP contribution >= 0.6 is 10.5 Å². The molecule has 8 heteroatoms. The molecule has 1 aliphatic rings. The Hall–Kier alpha value is -3.78. The Morgan fingerprint density at radius 3 is 2.31 bits per heavy atom. The molecule has 1 saturated heterocycles. The fourth-order valence-electron chi connectivity index (χ4n) is 4.42. The largest absolute Gasteiger partial charge is 0.497 e. The van der Waals surface area contributed by atoms with Crippen molar-refractivity contribution in [3.05, 3.63) is 83.6 Å². The average molecular weight is 490 g/mol. The van der Waals surface area contributed by atoms with E-state index in [1.807, 2.05) is 59.2 Å². The Labute approximate surface area is 208 Å². The van der Waals surface area contributed by atoms with Gasteiger partial charge in [-0.2, -0.15) is 0 Å². The molecule has 1 unspecified atom stereocenters. The van der Waals surface area contributed by atoms with Crippen LogP contribution in [0, 0.1) is 0 Å². The molecule has 0 N–H and O–H groups in total. The van der Waals surface area contributed by atoms with Gasteiger partial charge in [0.2, 0.25) is 11.4 Å². The molecule has 0 aliphatic carbocycles. The zero-order valence-corrected chi connectivity index (χ0v) is 20.8. The van der Waals surface area contributed by atoms with Crippen molar-refractivity contribution in [2.24, 2.45) is 0 Å². The molecule has 4 aromatic rings. The van der Waals surface area contributed by atoms with Gasteiger partial charge in [0.1, 0.15) is 11.5 Å². The third kappa shape index (κ3) is 5.02. The standard InChI is InChI=1S/C27H29N4O3S/c1-33-23-14-22(15-24(16-23)34-2)30-9-11-31(12-10-30)27(32)26-18-29(20-35-13-8-28-19-35)17-25(26)21-6-4-3-5-7-21/h3-8,13-19H,9-12,20H2,1-2H3/q+1. The number of carbonyl (C=O) groups is 1. The molecule has 180 valence electrons. The number of ether oxygens (including phenoxy) is 2. The van der Waals surface area contributed by atoms with Gasteiger partial charge in [0.15, 0.2) is 5.38 Å². The van der Waals surface area contributed by atoms with Gasteiger partial charge < -0.3 is 23.8 Å². The number of carbonyl (C=O) groups excluding carboxylic acids is 1. The summed E-state index contributed by atoms with van der Waals surface area (Å²) in [5.41, 5.74) is 5.78. The highest BCUT2D eigenvalue weighted by molar-refractivity contribution is 7.27. The van der Waals surface area contributed by atoms with E-state index in [-0.39, 0.29) is 16.4 Å². The van der Waals surface area contributed by atoms with Crippen LogP contribution < -0.4 is 14.4 Å². The van der Waals surface area contributed by atoms with Crippen LogP contribution in [-0.4, -0.2) is 60.8 Å². The average Bonchev–Trinajstić information content (AvgIpc) is 3.59. The number of aromatic nitrogens is 2. The number of anilines is 1.